The van der Waals surface area contributed by atoms with Crippen molar-refractivity contribution in [1.29, 1.82) is 0 Å². The molecule has 0 radical (unpaired) electrons. The van der Waals surface area contributed by atoms with Crippen LogP contribution in [0.5, 0.6) is 0 Å². The van der Waals surface area contributed by atoms with Crippen LogP contribution in [0.1, 0.15) is 103 Å². The van der Waals surface area contributed by atoms with Gasteiger partial charge in [-0.05, 0) is 32.1 Å². The topological polar surface area (TPSA) is 93.1 Å². The number of allylic oxidation sites excluding steroid dienone is 2. The lowest BCUT2D eigenvalue weighted by Crippen LogP contribution is -2.22. The normalized spacial score (nSPS) is 14.1. The van der Waals surface area contributed by atoms with E-state index in [4.69, 9.17) is 9.63 Å². The highest BCUT2D eigenvalue weighted by Gasteiger charge is 2.25. The fourth-order valence-electron chi connectivity index (χ4n) is 3.02. The first-order valence-electron chi connectivity index (χ1n) is 11.4. The Morgan fingerprint density at radius 2 is 1.50 bits per heavy atom. The van der Waals surface area contributed by atoms with Crippen LogP contribution < -0.4 is 0 Å². The van der Waals surface area contributed by atoms with Gasteiger partial charge in [-0.1, -0.05) is 75.0 Å². The van der Waals surface area contributed by atoms with Gasteiger partial charge in [-0.25, -0.2) is 4.39 Å². The number of esters is 1. The van der Waals surface area contributed by atoms with E-state index in [2.05, 4.69) is 23.6 Å². The Morgan fingerprint density at radius 3 is 2.07 bits per heavy atom. The summed E-state index contributed by atoms with van der Waals surface area (Å²) in [5.74, 6) is -0.434. The molecule has 0 aromatic heterocycles. The average molecular weight is 452 g/mol. The molecule has 2 unspecified atom stereocenters. The highest BCUT2D eigenvalue weighted by atomic mass is 31.1. The third kappa shape index (κ3) is 21.8. The molecule has 0 aliphatic carbocycles. The van der Waals surface area contributed by atoms with Gasteiger partial charge in [-0.2, -0.15) is 0 Å². The van der Waals surface area contributed by atoms with Gasteiger partial charge in [0.1, 0.15) is 6.61 Å². The van der Waals surface area contributed by atoms with Crippen LogP contribution in [0.3, 0.4) is 0 Å². The molecule has 8 heteroatoms. The molecule has 0 saturated heterocycles. The molecule has 0 aliphatic heterocycles. The smallest absolute Gasteiger partial charge is 0.463 e. The zero-order chi connectivity index (χ0) is 22.5. The molecule has 0 spiro atoms. The number of carbonyl (C=O) groups excluding carboxylic acids is 1. The molecule has 0 fully saturated rings. The highest BCUT2D eigenvalue weighted by Crippen LogP contribution is 2.21. The van der Waals surface area contributed by atoms with Gasteiger partial charge in [0.15, 0.2) is 0 Å². The summed E-state index contributed by atoms with van der Waals surface area (Å²) in [6.07, 6.45) is 16.3. The number of hydrogen-bond donors (Lipinski definition) is 2. The van der Waals surface area contributed by atoms with E-state index in [-0.39, 0.29) is 13.0 Å². The number of carbonyl (C=O) groups is 1. The van der Waals surface area contributed by atoms with Crippen LogP contribution in [0.25, 0.3) is 0 Å². The van der Waals surface area contributed by atoms with Crippen molar-refractivity contribution in [1.82, 2.24) is 0 Å². The van der Waals surface area contributed by atoms with Crippen LogP contribution in [-0.2, 0) is 18.6 Å². The van der Waals surface area contributed by atoms with E-state index >= 15 is 0 Å². The number of aliphatic hydroxyl groups excluding tert-OH is 1. The van der Waals surface area contributed by atoms with Gasteiger partial charge >= 0.3 is 14.2 Å². The summed E-state index contributed by atoms with van der Waals surface area (Å²) in [7, 11) is -3.06. The van der Waals surface area contributed by atoms with Crippen LogP contribution in [0, 0.1) is 0 Å². The molecule has 30 heavy (non-hydrogen) atoms. The molecule has 2 N–H and O–H groups in total. The van der Waals surface area contributed by atoms with Crippen molar-refractivity contribution in [3.8, 4) is 0 Å². The fourth-order valence-corrected chi connectivity index (χ4v) is 3.31. The zero-order valence-corrected chi connectivity index (χ0v) is 19.4. The van der Waals surface area contributed by atoms with E-state index < -0.39 is 33.1 Å². The number of halogens is 1. The van der Waals surface area contributed by atoms with Crippen LogP contribution in [0.15, 0.2) is 12.2 Å². The van der Waals surface area contributed by atoms with Crippen molar-refractivity contribution in [2.24, 2.45) is 0 Å². The Bertz CT molecular complexity index is 461. The predicted molar refractivity (Wildman–Crippen MR) is 117 cm³/mol. The van der Waals surface area contributed by atoms with Gasteiger partial charge in [0.2, 0.25) is 0 Å². The third-order valence-electron chi connectivity index (χ3n) is 4.74. The van der Waals surface area contributed by atoms with E-state index in [9.17, 15) is 18.9 Å². The minimum atomic E-state index is -3.06. The Morgan fingerprint density at radius 1 is 0.967 bits per heavy atom. The van der Waals surface area contributed by atoms with Crippen molar-refractivity contribution in [2.75, 3.05) is 6.61 Å². The predicted octanol–water partition coefficient (Wildman–Crippen LogP) is 6.28. The van der Waals surface area contributed by atoms with Crippen molar-refractivity contribution >= 4 is 14.2 Å². The molecule has 0 bridgehead atoms. The number of ether oxygens (including phenoxy) is 1. The molecule has 0 saturated carbocycles. The largest absolute Gasteiger partial charge is 0.697 e. The van der Waals surface area contributed by atoms with Gasteiger partial charge in [0.25, 0.3) is 6.36 Å². The van der Waals surface area contributed by atoms with Crippen LogP contribution in [0.4, 0.5) is 4.39 Å². The molecule has 0 rings (SSSR count). The number of aliphatic hydroxyl groups is 1. The lowest BCUT2D eigenvalue weighted by atomic mass is 10.1. The summed E-state index contributed by atoms with van der Waals surface area (Å²) < 4.78 is 32.2. The number of hydrogen-bond acceptors (Lipinski definition) is 5. The summed E-state index contributed by atoms with van der Waals surface area (Å²) in [5, 5.41) is 9.51. The van der Waals surface area contributed by atoms with Crippen molar-refractivity contribution in [2.45, 2.75) is 116 Å². The maximum absolute atomic E-state index is 13.1. The molecule has 6 nitrogen and oxygen atoms in total. The Balaban J connectivity index is 3.42. The molecule has 0 aromatic carbocycles. The standard InChI is InChI=1S/C22H40FO6P/c1-2-3-4-5-6-7-8-9-10-11-12-13-14-15-16-17-22(25)28-19-20(24)18-21(23)29-30(26)27/h9-10,20-21,24H,2-8,11-19H2,1H3/p+1/b10-9-/t20-,21?/m1/s1. The molecule has 0 amide bonds. The summed E-state index contributed by atoms with van der Waals surface area (Å²) in [6, 6.07) is 0. The van der Waals surface area contributed by atoms with Crippen LogP contribution >= 0.6 is 8.25 Å². The summed E-state index contributed by atoms with van der Waals surface area (Å²) >= 11 is 0. The quantitative estimate of drug-likeness (QED) is 0.0923. The highest BCUT2D eigenvalue weighted by molar-refractivity contribution is 7.32. The van der Waals surface area contributed by atoms with Crippen molar-refractivity contribution in [3.63, 3.8) is 0 Å². The minimum Gasteiger partial charge on any atom is -0.463 e. The monoisotopic (exact) mass is 451 g/mol. The first-order chi connectivity index (χ1) is 14.5. The zero-order valence-electron chi connectivity index (χ0n) is 18.5. The van der Waals surface area contributed by atoms with Crippen molar-refractivity contribution < 1.29 is 33.0 Å². The average Bonchev–Trinajstić information content (AvgIpc) is 2.68. The number of alkyl halides is 1. The maximum Gasteiger partial charge on any atom is 0.697 e. The molecular weight excluding hydrogens is 410 g/mol. The van der Waals surface area contributed by atoms with Gasteiger partial charge in [-0.3, -0.25) is 4.79 Å². The molecule has 0 aromatic rings. The van der Waals surface area contributed by atoms with E-state index in [1.54, 1.807) is 0 Å². The first kappa shape index (κ1) is 29.1. The Hall–Kier alpha value is -0.880. The van der Waals surface area contributed by atoms with E-state index in [1.807, 2.05) is 0 Å². The van der Waals surface area contributed by atoms with Crippen LogP contribution in [0.2, 0.25) is 0 Å². The molecular formula is C22H41FO6P+. The van der Waals surface area contributed by atoms with E-state index in [0.29, 0.717) is 0 Å². The van der Waals surface area contributed by atoms with Gasteiger partial charge in [-0.15, -0.1) is 4.89 Å². The maximum atomic E-state index is 13.1. The van der Waals surface area contributed by atoms with Gasteiger partial charge < -0.3 is 9.84 Å². The fraction of sp³-hybridized carbons (Fsp3) is 0.864. The lowest BCUT2D eigenvalue weighted by Gasteiger charge is -2.11. The van der Waals surface area contributed by atoms with E-state index in [1.165, 1.54) is 44.9 Å². The third-order valence-corrected chi connectivity index (χ3v) is 5.15. The first-order valence-corrected chi connectivity index (χ1v) is 12.5. The van der Waals surface area contributed by atoms with Crippen LogP contribution in [-0.4, -0.2) is 35.0 Å². The van der Waals surface area contributed by atoms with Crippen molar-refractivity contribution in [3.05, 3.63) is 12.2 Å². The second-order valence-electron chi connectivity index (χ2n) is 7.66. The molecule has 0 aliphatic rings. The lowest BCUT2D eigenvalue weighted by molar-refractivity contribution is -0.147. The second-order valence-corrected chi connectivity index (χ2v) is 8.35. The Labute approximate surface area is 182 Å². The van der Waals surface area contributed by atoms with Gasteiger partial charge in [0, 0.05) is 17.4 Å². The SMILES string of the molecule is CCCCCCCC/C=C\CCCCCCCC(=O)OC[C@H](O)CC(F)O[P+](=O)O. The van der Waals surface area contributed by atoms with E-state index in [0.717, 1.165) is 38.5 Å². The summed E-state index contributed by atoms with van der Waals surface area (Å²) in [4.78, 5) is 20.0. The second kappa shape index (κ2) is 21.4. The number of rotatable bonds is 21. The Kier molecular flexibility index (Phi) is 20.7. The molecule has 176 valence electrons. The number of unbranched alkanes of at least 4 members (excludes halogenated alkanes) is 11. The minimum absolute atomic E-state index is 0.267. The molecule has 3 atom stereocenters. The van der Waals surface area contributed by atoms with Gasteiger partial charge in [0.05, 0.1) is 6.10 Å². The molecule has 0 heterocycles. The summed E-state index contributed by atoms with van der Waals surface area (Å²) in [6.45, 7) is 1.89. The summed E-state index contributed by atoms with van der Waals surface area (Å²) in [5.41, 5.74) is 0.